The SMILES string of the molecule is COc1ccc(C(C)NCC(c2ccco2)N2CCCC2)cc1Br. The average molecular weight is 393 g/mol. The van der Waals surface area contributed by atoms with Gasteiger partial charge in [0.2, 0.25) is 0 Å². The van der Waals surface area contributed by atoms with Crippen molar-refractivity contribution in [1.29, 1.82) is 0 Å². The second-order valence-corrected chi connectivity index (χ2v) is 7.15. The van der Waals surface area contributed by atoms with Crippen LogP contribution in [0.1, 0.15) is 43.2 Å². The molecule has 2 heterocycles. The van der Waals surface area contributed by atoms with Crippen LogP contribution in [-0.4, -0.2) is 31.6 Å². The van der Waals surface area contributed by atoms with Gasteiger partial charge in [-0.2, -0.15) is 0 Å². The third kappa shape index (κ3) is 4.02. The summed E-state index contributed by atoms with van der Waals surface area (Å²) in [6.45, 7) is 5.36. The van der Waals surface area contributed by atoms with Crippen molar-refractivity contribution in [1.82, 2.24) is 10.2 Å². The molecule has 1 aliphatic heterocycles. The highest BCUT2D eigenvalue weighted by Gasteiger charge is 2.25. The zero-order chi connectivity index (χ0) is 16.9. The topological polar surface area (TPSA) is 37.6 Å². The van der Waals surface area contributed by atoms with Crippen LogP contribution in [0.3, 0.4) is 0 Å². The number of nitrogens with zero attached hydrogens (tertiary/aromatic N) is 1. The molecule has 3 rings (SSSR count). The predicted molar refractivity (Wildman–Crippen MR) is 99.4 cm³/mol. The molecule has 130 valence electrons. The molecule has 1 aliphatic rings. The maximum Gasteiger partial charge on any atom is 0.133 e. The summed E-state index contributed by atoms with van der Waals surface area (Å²) in [5.41, 5.74) is 1.24. The fourth-order valence-corrected chi connectivity index (χ4v) is 3.86. The summed E-state index contributed by atoms with van der Waals surface area (Å²) in [6, 6.07) is 10.8. The molecule has 2 atom stereocenters. The van der Waals surface area contributed by atoms with Gasteiger partial charge in [-0.05, 0) is 78.6 Å². The van der Waals surface area contributed by atoms with Crippen molar-refractivity contribution in [3.8, 4) is 5.75 Å². The van der Waals surface area contributed by atoms with Gasteiger partial charge in [-0.1, -0.05) is 6.07 Å². The van der Waals surface area contributed by atoms with E-state index in [1.54, 1.807) is 13.4 Å². The van der Waals surface area contributed by atoms with Crippen LogP contribution in [0.15, 0.2) is 45.5 Å². The zero-order valence-electron chi connectivity index (χ0n) is 14.3. The molecular weight excluding hydrogens is 368 g/mol. The van der Waals surface area contributed by atoms with E-state index in [1.807, 2.05) is 12.1 Å². The maximum absolute atomic E-state index is 5.69. The number of ether oxygens (including phenoxy) is 1. The number of hydrogen-bond acceptors (Lipinski definition) is 4. The molecule has 1 N–H and O–H groups in total. The molecule has 0 aliphatic carbocycles. The van der Waals surface area contributed by atoms with Crippen molar-refractivity contribution in [2.24, 2.45) is 0 Å². The Labute approximate surface area is 152 Å². The van der Waals surface area contributed by atoms with Crippen molar-refractivity contribution >= 4 is 15.9 Å². The van der Waals surface area contributed by atoms with Crippen molar-refractivity contribution < 1.29 is 9.15 Å². The molecule has 0 bridgehead atoms. The van der Waals surface area contributed by atoms with Crippen LogP contribution in [0.25, 0.3) is 0 Å². The lowest BCUT2D eigenvalue weighted by atomic mass is 10.1. The molecule has 4 nitrogen and oxygen atoms in total. The Kier molecular flexibility index (Phi) is 5.98. The first-order valence-electron chi connectivity index (χ1n) is 8.53. The van der Waals surface area contributed by atoms with Crippen molar-refractivity contribution in [2.75, 3.05) is 26.7 Å². The zero-order valence-corrected chi connectivity index (χ0v) is 15.9. The minimum Gasteiger partial charge on any atom is -0.496 e. The third-order valence-electron chi connectivity index (χ3n) is 4.75. The number of hydrogen-bond donors (Lipinski definition) is 1. The maximum atomic E-state index is 5.69. The summed E-state index contributed by atoms with van der Waals surface area (Å²) < 4.78 is 12.0. The lowest BCUT2D eigenvalue weighted by molar-refractivity contribution is 0.205. The van der Waals surface area contributed by atoms with E-state index in [2.05, 4.69) is 51.3 Å². The number of benzene rings is 1. The van der Waals surface area contributed by atoms with Gasteiger partial charge in [0, 0.05) is 12.6 Å². The van der Waals surface area contributed by atoms with Crippen LogP contribution in [0.4, 0.5) is 0 Å². The van der Waals surface area contributed by atoms with E-state index in [0.717, 1.165) is 35.6 Å². The first-order chi connectivity index (χ1) is 11.7. The number of nitrogens with one attached hydrogen (secondary N) is 1. The Morgan fingerprint density at radius 1 is 1.29 bits per heavy atom. The standard InChI is InChI=1S/C19H25BrN2O2/c1-14(15-7-8-18(23-2)16(20)12-15)21-13-17(19-6-5-11-24-19)22-9-3-4-10-22/h5-8,11-12,14,17,21H,3-4,9-10,13H2,1-2H3. The lowest BCUT2D eigenvalue weighted by Crippen LogP contribution is -2.35. The molecule has 1 aromatic carbocycles. The molecule has 0 spiro atoms. The first-order valence-corrected chi connectivity index (χ1v) is 9.32. The van der Waals surface area contributed by atoms with Crippen molar-refractivity contribution in [3.63, 3.8) is 0 Å². The predicted octanol–water partition coefficient (Wildman–Crippen LogP) is 4.54. The van der Waals surface area contributed by atoms with E-state index in [0.29, 0.717) is 6.04 Å². The Balaban J connectivity index is 1.66. The van der Waals surface area contributed by atoms with Crippen molar-refractivity contribution in [2.45, 2.75) is 31.8 Å². The van der Waals surface area contributed by atoms with Gasteiger partial charge in [-0.15, -0.1) is 0 Å². The van der Waals surface area contributed by atoms with Gasteiger partial charge < -0.3 is 14.5 Å². The Morgan fingerprint density at radius 3 is 2.71 bits per heavy atom. The second-order valence-electron chi connectivity index (χ2n) is 6.30. The van der Waals surface area contributed by atoms with E-state index >= 15 is 0 Å². The lowest BCUT2D eigenvalue weighted by Gasteiger charge is -2.27. The highest BCUT2D eigenvalue weighted by molar-refractivity contribution is 9.10. The van der Waals surface area contributed by atoms with Gasteiger partial charge in [-0.3, -0.25) is 4.90 Å². The molecule has 0 saturated carbocycles. The van der Waals surface area contributed by atoms with Crippen LogP contribution in [0.5, 0.6) is 5.75 Å². The number of rotatable bonds is 7. The smallest absolute Gasteiger partial charge is 0.133 e. The van der Waals surface area contributed by atoms with Gasteiger partial charge in [-0.25, -0.2) is 0 Å². The number of likely N-dealkylation sites (tertiary alicyclic amines) is 1. The Bertz CT molecular complexity index is 639. The van der Waals surface area contributed by atoms with Crippen LogP contribution in [0.2, 0.25) is 0 Å². The molecule has 2 aromatic rings. The fraction of sp³-hybridized carbons (Fsp3) is 0.474. The number of furan rings is 1. The molecule has 2 unspecified atom stereocenters. The average Bonchev–Trinajstić information content (AvgIpc) is 3.29. The van der Waals surface area contributed by atoms with Crippen LogP contribution >= 0.6 is 15.9 Å². The molecule has 1 aromatic heterocycles. The van der Waals surface area contributed by atoms with E-state index in [-0.39, 0.29) is 6.04 Å². The van der Waals surface area contributed by atoms with Gasteiger partial charge in [0.15, 0.2) is 0 Å². The largest absolute Gasteiger partial charge is 0.496 e. The Morgan fingerprint density at radius 2 is 2.08 bits per heavy atom. The normalized spacial score (nSPS) is 17.8. The highest BCUT2D eigenvalue weighted by Crippen LogP contribution is 2.29. The van der Waals surface area contributed by atoms with E-state index < -0.39 is 0 Å². The van der Waals surface area contributed by atoms with Crippen molar-refractivity contribution in [3.05, 3.63) is 52.4 Å². The molecule has 24 heavy (non-hydrogen) atoms. The van der Waals surface area contributed by atoms with E-state index in [1.165, 1.54) is 18.4 Å². The highest BCUT2D eigenvalue weighted by atomic mass is 79.9. The molecule has 0 radical (unpaired) electrons. The summed E-state index contributed by atoms with van der Waals surface area (Å²) in [6.07, 6.45) is 4.32. The number of halogens is 1. The molecule has 5 heteroatoms. The molecule has 1 fully saturated rings. The minimum atomic E-state index is 0.257. The molecule has 0 amide bonds. The van der Waals surface area contributed by atoms with E-state index in [4.69, 9.17) is 9.15 Å². The van der Waals surface area contributed by atoms with Crippen LogP contribution < -0.4 is 10.1 Å². The summed E-state index contributed by atoms with van der Waals surface area (Å²) in [5, 5.41) is 3.67. The van der Waals surface area contributed by atoms with Gasteiger partial charge >= 0.3 is 0 Å². The molecule has 1 saturated heterocycles. The monoisotopic (exact) mass is 392 g/mol. The number of methoxy groups -OCH3 is 1. The van der Waals surface area contributed by atoms with Gasteiger partial charge in [0.25, 0.3) is 0 Å². The van der Waals surface area contributed by atoms with Gasteiger partial charge in [0.1, 0.15) is 11.5 Å². The summed E-state index contributed by atoms with van der Waals surface area (Å²) in [7, 11) is 1.69. The summed E-state index contributed by atoms with van der Waals surface area (Å²) >= 11 is 3.57. The minimum absolute atomic E-state index is 0.257. The third-order valence-corrected chi connectivity index (χ3v) is 5.37. The Hall–Kier alpha value is -1.30. The fourth-order valence-electron chi connectivity index (χ4n) is 3.30. The summed E-state index contributed by atoms with van der Waals surface area (Å²) in [5.74, 6) is 1.91. The van der Waals surface area contributed by atoms with Gasteiger partial charge in [0.05, 0.1) is 23.9 Å². The second kappa shape index (κ2) is 8.19. The summed E-state index contributed by atoms with van der Waals surface area (Å²) in [4.78, 5) is 2.52. The first kappa shape index (κ1) is 17.5. The molecular formula is C19H25BrN2O2. The quantitative estimate of drug-likeness (QED) is 0.750. The van der Waals surface area contributed by atoms with E-state index in [9.17, 15) is 0 Å². The van der Waals surface area contributed by atoms with Crippen LogP contribution in [-0.2, 0) is 0 Å². The van der Waals surface area contributed by atoms with Crippen LogP contribution in [0, 0.1) is 0 Å².